The molecule has 0 saturated carbocycles. The van der Waals surface area contributed by atoms with E-state index in [9.17, 15) is 4.79 Å². The first-order chi connectivity index (χ1) is 8.56. The van der Waals surface area contributed by atoms with Crippen molar-refractivity contribution in [2.45, 2.75) is 13.0 Å². The van der Waals surface area contributed by atoms with Crippen LogP contribution in [0, 0.1) is 5.92 Å². The highest BCUT2D eigenvalue weighted by molar-refractivity contribution is 6.33. The molecule has 1 heterocycles. The van der Waals surface area contributed by atoms with E-state index in [4.69, 9.17) is 17.3 Å². The van der Waals surface area contributed by atoms with Gasteiger partial charge in [0, 0.05) is 19.1 Å². The molecule has 4 nitrogen and oxygen atoms in total. The highest BCUT2D eigenvalue weighted by atomic mass is 35.5. The second-order valence-corrected chi connectivity index (χ2v) is 5.27. The molecule has 2 atom stereocenters. The van der Waals surface area contributed by atoms with E-state index in [1.54, 1.807) is 12.1 Å². The van der Waals surface area contributed by atoms with Gasteiger partial charge in [-0.15, -0.1) is 0 Å². The average molecular weight is 268 g/mol. The summed E-state index contributed by atoms with van der Waals surface area (Å²) in [5.74, 6) is 0.391. The molecule has 0 spiro atoms. The number of halogens is 1. The Hall–Kier alpha value is -1.10. The fourth-order valence-electron chi connectivity index (χ4n) is 2.18. The number of nitrogens with one attached hydrogen (secondary N) is 1. The van der Waals surface area contributed by atoms with Crippen LogP contribution in [0.25, 0.3) is 0 Å². The Balaban J connectivity index is 1.88. The minimum absolute atomic E-state index is 0.0515. The maximum atomic E-state index is 11.9. The summed E-state index contributed by atoms with van der Waals surface area (Å²) in [5.41, 5.74) is 6.58. The number of likely N-dealkylation sites (tertiary alicyclic amines) is 1. The topological polar surface area (TPSA) is 58.4 Å². The molecule has 2 rings (SSSR count). The number of benzene rings is 1. The lowest BCUT2D eigenvalue weighted by atomic mass is 10.1. The van der Waals surface area contributed by atoms with E-state index in [1.807, 2.05) is 12.1 Å². The maximum Gasteiger partial charge on any atom is 0.238 e. The number of rotatable bonds is 3. The lowest BCUT2D eigenvalue weighted by molar-refractivity contribution is -0.117. The van der Waals surface area contributed by atoms with Gasteiger partial charge >= 0.3 is 0 Å². The summed E-state index contributed by atoms with van der Waals surface area (Å²) < 4.78 is 0. The van der Waals surface area contributed by atoms with Gasteiger partial charge in [-0.3, -0.25) is 9.69 Å². The molecule has 1 amide bonds. The first kappa shape index (κ1) is 13.3. The first-order valence-corrected chi connectivity index (χ1v) is 6.46. The fraction of sp³-hybridized carbons (Fsp3) is 0.462. The summed E-state index contributed by atoms with van der Waals surface area (Å²) in [6, 6.07) is 7.39. The lowest BCUT2D eigenvalue weighted by Crippen LogP contribution is -2.33. The molecule has 0 aliphatic carbocycles. The molecule has 1 aliphatic rings. The summed E-state index contributed by atoms with van der Waals surface area (Å²) in [4.78, 5) is 14.0. The summed E-state index contributed by atoms with van der Waals surface area (Å²) >= 11 is 5.98. The van der Waals surface area contributed by atoms with Crippen LogP contribution in [-0.2, 0) is 4.79 Å². The summed E-state index contributed by atoms with van der Waals surface area (Å²) in [5, 5.41) is 3.37. The van der Waals surface area contributed by atoms with Crippen molar-refractivity contribution in [2.75, 3.05) is 25.0 Å². The molecule has 0 aromatic heterocycles. The number of hydrogen-bond acceptors (Lipinski definition) is 3. The Labute approximate surface area is 112 Å². The first-order valence-electron chi connectivity index (χ1n) is 6.08. The van der Waals surface area contributed by atoms with Crippen molar-refractivity contribution < 1.29 is 4.79 Å². The van der Waals surface area contributed by atoms with Crippen LogP contribution >= 0.6 is 11.6 Å². The van der Waals surface area contributed by atoms with Crippen LogP contribution in [-0.4, -0.2) is 36.5 Å². The highest BCUT2D eigenvalue weighted by Crippen LogP contribution is 2.20. The number of anilines is 1. The Morgan fingerprint density at radius 1 is 1.50 bits per heavy atom. The quantitative estimate of drug-likeness (QED) is 0.874. The molecule has 5 heteroatoms. The number of carbonyl (C=O) groups is 1. The highest BCUT2D eigenvalue weighted by Gasteiger charge is 2.27. The molecule has 1 aromatic carbocycles. The second kappa shape index (κ2) is 5.69. The molecule has 2 unspecified atom stereocenters. The number of hydrogen-bond donors (Lipinski definition) is 2. The molecule has 0 radical (unpaired) electrons. The van der Waals surface area contributed by atoms with Crippen LogP contribution in [0.4, 0.5) is 5.69 Å². The molecular weight excluding hydrogens is 250 g/mol. The third-order valence-corrected chi connectivity index (χ3v) is 3.59. The maximum absolute atomic E-state index is 11.9. The van der Waals surface area contributed by atoms with Crippen molar-refractivity contribution >= 4 is 23.2 Å². The predicted molar refractivity (Wildman–Crippen MR) is 73.7 cm³/mol. The van der Waals surface area contributed by atoms with Gasteiger partial charge < -0.3 is 11.1 Å². The van der Waals surface area contributed by atoms with Gasteiger partial charge in [0.2, 0.25) is 5.91 Å². The largest absolute Gasteiger partial charge is 0.326 e. The van der Waals surface area contributed by atoms with Crippen molar-refractivity contribution in [3.05, 3.63) is 29.3 Å². The number of carbonyl (C=O) groups excluding carboxylic acids is 1. The minimum Gasteiger partial charge on any atom is -0.326 e. The predicted octanol–water partition coefficient (Wildman–Crippen LogP) is 1.56. The lowest BCUT2D eigenvalue weighted by Gasteiger charge is -2.15. The van der Waals surface area contributed by atoms with E-state index in [-0.39, 0.29) is 11.9 Å². The van der Waals surface area contributed by atoms with Crippen molar-refractivity contribution in [1.29, 1.82) is 0 Å². The average Bonchev–Trinajstić information content (AvgIpc) is 2.61. The van der Waals surface area contributed by atoms with Gasteiger partial charge in [0.05, 0.1) is 17.3 Å². The smallest absolute Gasteiger partial charge is 0.238 e. The van der Waals surface area contributed by atoms with E-state index in [0.717, 1.165) is 13.1 Å². The zero-order valence-corrected chi connectivity index (χ0v) is 11.2. The molecular formula is C13H18ClN3O. The molecule has 3 N–H and O–H groups in total. The van der Waals surface area contributed by atoms with E-state index in [2.05, 4.69) is 17.1 Å². The molecule has 98 valence electrons. The molecule has 1 saturated heterocycles. The summed E-state index contributed by atoms with van der Waals surface area (Å²) in [7, 11) is 0. The van der Waals surface area contributed by atoms with E-state index in [1.165, 1.54) is 0 Å². The minimum atomic E-state index is -0.0515. The Morgan fingerprint density at radius 2 is 2.22 bits per heavy atom. The molecule has 1 aliphatic heterocycles. The van der Waals surface area contributed by atoms with Crippen molar-refractivity contribution in [3.8, 4) is 0 Å². The molecule has 1 fully saturated rings. The van der Waals surface area contributed by atoms with Crippen LogP contribution in [0.15, 0.2) is 24.3 Å². The Morgan fingerprint density at radius 3 is 2.83 bits per heavy atom. The molecule has 0 bridgehead atoms. The van der Waals surface area contributed by atoms with E-state index >= 15 is 0 Å². The van der Waals surface area contributed by atoms with Crippen LogP contribution < -0.4 is 11.1 Å². The van der Waals surface area contributed by atoms with Crippen molar-refractivity contribution in [1.82, 2.24) is 4.90 Å². The van der Waals surface area contributed by atoms with Gasteiger partial charge in [0.15, 0.2) is 0 Å². The van der Waals surface area contributed by atoms with Gasteiger partial charge in [0.1, 0.15) is 0 Å². The molecule has 18 heavy (non-hydrogen) atoms. The van der Waals surface area contributed by atoms with Crippen LogP contribution in [0.3, 0.4) is 0 Å². The van der Waals surface area contributed by atoms with E-state index in [0.29, 0.717) is 23.2 Å². The van der Waals surface area contributed by atoms with Gasteiger partial charge in [-0.25, -0.2) is 0 Å². The van der Waals surface area contributed by atoms with Crippen LogP contribution in [0.1, 0.15) is 6.92 Å². The fourth-order valence-corrected chi connectivity index (χ4v) is 2.36. The molecule has 1 aromatic rings. The van der Waals surface area contributed by atoms with Crippen molar-refractivity contribution in [2.24, 2.45) is 11.7 Å². The number of nitrogens with two attached hydrogens (primary N) is 1. The third-order valence-electron chi connectivity index (χ3n) is 3.26. The standard InChI is InChI=1S/C13H18ClN3O/c1-9-6-17(7-11(9)15)8-13(18)16-12-5-3-2-4-10(12)14/h2-5,9,11H,6-8,15H2,1H3,(H,16,18). The third kappa shape index (κ3) is 3.22. The number of para-hydroxylation sites is 1. The second-order valence-electron chi connectivity index (χ2n) is 4.86. The van der Waals surface area contributed by atoms with Gasteiger partial charge in [-0.05, 0) is 18.1 Å². The number of nitrogens with zero attached hydrogens (tertiary/aromatic N) is 1. The Bertz CT molecular complexity index is 428. The van der Waals surface area contributed by atoms with Crippen LogP contribution in [0.2, 0.25) is 5.02 Å². The zero-order chi connectivity index (χ0) is 13.1. The Kier molecular flexibility index (Phi) is 4.22. The van der Waals surface area contributed by atoms with Gasteiger partial charge in [0.25, 0.3) is 0 Å². The van der Waals surface area contributed by atoms with Crippen LogP contribution in [0.5, 0.6) is 0 Å². The van der Waals surface area contributed by atoms with Crippen molar-refractivity contribution in [3.63, 3.8) is 0 Å². The van der Waals surface area contributed by atoms with Gasteiger partial charge in [-0.1, -0.05) is 30.7 Å². The van der Waals surface area contributed by atoms with E-state index < -0.39 is 0 Å². The normalized spacial score (nSPS) is 24.2. The summed E-state index contributed by atoms with van der Waals surface area (Å²) in [6.07, 6.45) is 0. The zero-order valence-electron chi connectivity index (χ0n) is 10.4. The van der Waals surface area contributed by atoms with Gasteiger partial charge in [-0.2, -0.15) is 0 Å². The number of amides is 1. The monoisotopic (exact) mass is 267 g/mol. The SMILES string of the molecule is CC1CN(CC(=O)Nc2ccccc2Cl)CC1N. The summed E-state index contributed by atoms with van der Waals surface area (Å²) in [6.45, 7) is 4.12.